The van der Waals surface area contributed by atoms with Gasteiger partial charge >= 0.3 is 0 Å². The first-order valence-electron chi connectivity index (χ1n) is 8.21. The van der Waals surface area contributed by atoms with Gasteiger partial charge in [-0.15, -0.1) is 0 Å². The van der Waals surface area contributed by atoms with Crippen molar-refractivity contribution in [3.05, 3.63) is 0 Å². The molecule has 0 aromatic carbocycles. The van der Waals surface area contributed by atoms with Gasteiger partial charge in [0, 0.05) is 26.1 Å². The molecule has 0 N–H and O–H groups in total. The molecule has 1 aliphatic carbocycles. The van der Waals surface area contributed by atoms with Crippen LogP contribution in [0, 0.1) is 11.8 Å². The second kappa shape index (κ2) is 5.82. The van der Waals surface area contributed by atoms with Gasteiger partial charge in [-0.1, -0.05) is 0 Å². The van der Waals surface area contributed by atoms with Crippen molar-refractivity contribution in [2.75, 3.05) is 39.1 Å². The van der Waals surface area contributed by atoms with Gasteiger partial charge in [0.05, 0.1) is 18.9 Å². The summed E-state index contributed by atoms with van der Waals surface area (Å²) in [4.78, 5) is 19.4. The normalized spacial score (nSPS) is 34.5. The summed E-state index contributed by atoms with van der Waals surface area (Å²) in [5.74, 6) is 1.09. The van der Waals surface area contributed by atoms with Gasteiger partial charge in [-0.05, 0) is 32.6 Å². The Hall–Kier alpha value is -0.990. The summed E-state index contributed by atoms with van der Waals surface area (Å²) in [5, 5.41) is 0. The molecule has 3 atom stereocenters. The topological polar surface area (TPSA) is 79.3 Å². The van der Waals surface area contributed by atoms with Crippen molar-refractivity contribution in [1.82, 2.24) is 9.21 Å². The van der Waals surface area contributed by atoms with Crippen molar-refractivity contribution >= 4 is 21.8 Å². The van der Waals surface area contributed by atoms with Crippen molar-refractivity contribution < 1.29 is 17.9 Å². The number of carbonyl (C=O) groups excluding carboxylic acids is 1. The number of carbonyl (C=O) groups is 1. The zero-order valence-electron chi connectivity index (χ0n) is 14.0. The minimum absolute atomic E-state index is 0.00109. The van der Waals surface area contributed by atoms with Gasteiger partial charge in [0.2, 0.25) is 10.0 Å². The Morgan fingerprint density at radius 3 is 2.78 bits per heavy atom. The Bertz CT molecular complexity index is 633. The van der Waals surface area contributed by atoms with Gasteiger partial charge in [-0.3, -0.25) is 14.7 Å². The number of ether oxygens (including phenoxy) is 1. The molecule has 8 heteroatoms. The summed E-state index contributed by atoms with van der Waals surface area (Å²) >= 11 is 0. The number of amides is 1. The van der Waals surface area contributed by atoms with Crippen molar-refractivity contribution in [3.8, 4) is 0 Å². The van der Waals surface area contributed by atoms with Crippen LogP contribution in [-0.4, -0.2) is 74.0 Å². The summed E-state index contributed by atoms with van der Waals surface area (Å²) in [5.41, 5.74) is -0.750. The number of hydrogen-bond donors (Lipinski definition) is 0. The third-order valence-corrected chi connectivity index (χ3v) is 7.38. The summed E-state index contributed by atoms with van der Waals surface area (Å²) in [6.45, 7) is 5.43. The first-order valence-corrected chi connectivity index (χ1v) is 9.82. The lowest BCUT2D eigenvalue weighted by molar-refractivity contribution is -0.132. The third-order valence-electron chi connectivity index (χ3n) is 5.56. The Morgan fingerprint density at radius 2 is 2.13 bits per heavy atom. The molecule has 23 heavy (non-hydrogen) atoms. The Kier molecular flexibility index (Phi) is 4.27. The average Bonchev–Trinajstić information content (AvgIpc) is 3.14. The summed E-state index contributed by atoms with van der Waals surface area (Å²) in [7, 11) is -1.59. The van der Waals surface area contributed by atoms with E-state index in [1.54, 1.807) is 23.2 Å². The van der Waals surface area contributed by atoms with E-state index in [-0.39, 0.29) is 23.5 Å². The smallest absolute Gasteiger partial charge is 0.256 e. The Balaban J connectivity index is 1.84. The molecule has 7 nitrogen and oxygen atoms in total. The number of rotatable bonds is 5. The van der Waals surface area contributed by atoms with Crippen molar-refractivity contribution in [1.29, 1.82) is 0 Å². The number of fused-ring (bicyclic) bond motifs is 2. The SMILES string of the molecule is CCS(=O)(=O)N1C[C@H]2CC[C@@]3(N=C(C)N(CCOC)C3=O)[C@H]2C1. The molecule has 1 spiro atoms. The molecule has 2 aliphatic heterocycles. The molecule has 3 rings (SSSR count). The van der Waals surface area contributed by atoms with Gasteiger partial charge in [0.1, 0.15) is 11.4 Å². The third kappa shape index (κ3) is 2.51. The highest BCUT2D eigenvalue weighted by molar-refractivity contribution is 7.89. The van der Waals surface area contributed by atoms with Crippen LogP contribution in [0.2, 0.25) is 0 Å². The van der Waals surface area contributed by atoms with Crippen LogP contribution in [0.4, 0.5) is 0 Å². The van der Waals surface area contributed by atoms with Crippen LogP contribution in [0.15, 0.2) is 4.99 Å². The maximum Gasteiger partial charge on any atom is 0.256 e. The van der Waals surface area contributed by atoms with E-state index < -0.39 is 15.6 Å². The number of sulfonamides is 1. The zero-order chi connectivity index (χ0) is 16.8. The second-order valence-corrected chi connectivity index (χ2v) is 8.91. The van der Waals surface area contributed by atoms with Crippen molar-refractivity contribution in [2.45, 2.75) is 32.2 Å². The molecule has 1 saturated heterocycles. The fourth-order valence-corrected chi connectivity index (χ4v) is 5.47. The molecule has 2 heterocycles. The van der Waals surface area contributed by atoms with Gasteiger partial charge in [-0.25, -0.2) is 12.7 Å². The molecular formula is C15H25N3O4S. The number of methoxy groups -OCH3 is 1. The maximum atomic E-state index is 13.0. The van der Waals surface area contributed by atoms with Gasteiger partial charge < -0.3 is 4.74 Å². The molecule has 130 valence electrons. The van der Waals surface area contributed by atoms with Crippen molar-refractivity contribution in [2.24, 2.45) is 16.8 Å². The number of aliphatic imine (C=N–C) groups is 1. The predicted octanol–water partition coefficient (Wildman–Crippen LogP) is 0.324. The van der Waals surface area contributed by atoms with E-state index in [1.165, 1.54) is 0 Å². The van der Waals surface area contributed by atoms with Crippen LogP contribution >= 0.6 is 0 Å². The van der Waals surface area contributed by atoms with Gasteiger partial charge in [-0.2, -0.15) is 0 Å². The molecule has 0 radical (unpaired) electrons. The monoisotopic (exact) mass is 343 g/mol. The predicted molar refractivity (Wildman–Crippen MR) is 86.7 cm³/mol. The number of amidine groups is 1. The molecule has 0 aromatic heterocycles. The fraction of sp³-hybridized carbons (Fsp3) is 0.867. The minimum Gasteiger partial charge on any atom is -0.383 e. The van der Waals surface area contributed by atoms with Crippen molar-refractivity contribution in [3.63, 3.8) is 0 Å². The molecule has 3 aliphatic rings. The van der Waals surface area contributed by atoms with E-state index in [0.717, 1.165) is 18.7 Å². The van der Waals surface area contributed by atoms with Crippen LogP contribution in [0.1, 0.15) is 26.7 Å². The molecule has 1 saturated carbocycles. The fourth-order valence-electron chi connectivity index (χ4n) is 4.29. The second-order valence-electron chi connectivity index (χ2n) is 6.66. The lowest BCUT2D eigenvalue weighted by Crippen LogP contribution is -2.47. The standard InChI is InChI=1S/C15H25N3O4S/c1-4-23(20,21)17-9-12-5-6-15(13(12)10-17)14(19)18(7-8-22-3)11(2)16-15/h12-13H,4-10H2,1-3H3/t12-,13+,15-/m1/s1. The first kappa shape index (κ1) is 16.9. The number of hydrogen-bond acceptors (Lipinski definition) is 5. The van der Waals surface area contributed by atoms with Gasteiger partial charge in [0.15, 0.2) is 0 Å². The van der Waals surface area contributed by atoms with E-state index in [4.69, 9.17) is 9.73 Å². The minimum atomic E-state index is -3.20. The highest BCUT2D eigenvalue weighted by atomic mass is 32.2. The molecule has 0 unspecified atom stereocenters. The zero-order valence-corrected chi connectivity index (χ0v) is 14.8. The van der Waals surface area contributed by atoms with E-state index in [0.29, 0.717) is 26.2 Å². The van der Waals surface area contributed by atoms with E-state index in [2.05, 4.69) is 0 Å². The molecule has 2 fully saturated rings. The Labute approximate surface area is 137 Å². The largest absolute Gasteiger partial charge is 0.383 e. The molecule has 1 amide bonds. The van der Waals surface area contributed by atoms with Crippen LogP contribution < -0.4 is 0 Å². The summed E-state index contributed by atoms with van der Waals surface area (Å²) in [6.07, 6.45) is 1.59. The van der Waals surface area contributed by atoms with E-state index in [9.17, 15) is 13.2 Å². The van der Waals surface area contributed by atoms with Crippen LogP contribution in [0.5, 0.6) is 0 Å². The number of nitrogens with zero attached hydrogens (tertiary/aromatic N) is 3. The summed E-state index contributed by atoms with van der Waals surface area (Å²) in [6, 6.07) is 0. The lowest BCUT2D eigenvalue weighted by Gasteiger charge is -2.28. The Morgan fingerprint density at radius 1 is 1.39 bits per heavy atom. The lowest BCUT2D eigenvalue weighted by atomic mass is 9.85. The molecule has 0 bridgehead atoms. The maximum absolute atomic E-state index is 13.0. The highest BCUT2D eigenvalue weighted by Crippen LogP contribution is 2.50. The highest BCUT2D eigenvalue weighted by Gasteiger charge is 2.61. The van der Waals surface area contributed by atoms with Gasteiger partial charge in [0.25, 0.3) is 5.91 Å². The van der Waals surface area contributed by atoms with E-state index in [1.807, 2.05) is 6.92 Å². The van der Waals surface area contributed by atoms with E-state index >= 15 is 0 Å². The molecule has 0 aromatic rings. The average molecular weight is 343 g/mol. The first-order chi connectivity index (χ1) is 10.9. The quantitative estimate of drug-likeness (QED) is 0.720. The summed E-state index contributed by atoms with van der Waals surface area (Å²) < 4.78 is 31.0. The molecular weight excluding hydrogens is 318 g/mol. The van der Waals surface area contributed by atoms with Crippen LogP contribution in [-0.2, 0) is 19.6 Å². The van der Waals surface area contributed by atoms with Crippen LogP contribution in [0.25, 0.3) is 0 Å². The van der Waals surface area contributed by atoms with Crippen LogP contribution in [0.3, 0.4) is 0 Å².